The van der Waals surface area contributed by atoms with Crippen molar-refractivity contribution < 1.29 is 17.1 Å². The van der Waals surface area contributed by atoms with Crippen molar-refractivity contribution in [1.82, 2.24) is 0 Å². The van der Waals surface area contributed by atoms with E-state index in [4.69, 9.17) is 0 Å². The van der Waals surface area contributed by atoms with E-state index in [9.17, 15) is 0 Å². The van der Waals surface area contributed by atoms with Gasteiger partial charge in [-0.3, -0.25) is 0 Å². The fourth-order valence-electron chi connectivity index (χ4n) is 2.70. The van der Waals surface area contributed by atoms with Gasteiger partial charge in [-0.15, -0.1) is 31.4 Å². The van der Waals surface area contributed by atoms with Crippen LogP contribution in [0.25, 0.3) is 0 Å². The topological polar surface area (TPSA) is 0 Å². The first-order valence-corrected chi connectivity index (χ1v) is 10.7. The van der Waals surface area contributed by atoms with Gasteiger partial charge >= 0.3 is 0 Å². The molecule has 0 saturated heterocycles. The molecule has 0 amide bonds. The predicted molar refractivity (Wildman–Crippen MR) is 101 cm³/mol. The average molecular weight is 392 g/mol. The smallest absolute Gasteiger partial charge is 0 e. The molecule has 0 aliphatic carbocycles. The Kier molecular flexibility index (Phi) is 7.29. The summed E-state index contributed by atoms with van der Waals surface area (Å²) in [5.41, 5.74) is 11.6. The van der Waals surface area contributed by atoms with E-state index in [1.807, 2.05) is 31.4 Å². The molecule has 0 unspecified atom stereocenters. The number of hydrogen-bond donors (Lipinski definition) is 0. The summed E-state index contributed by atoms with van der Waals surface area (Å²) in [7, 11) is 5.72. The van der Waals surface area contributed by atoms with Crippen LogP contribution in [0.5, 0.6) is 0 Å². The molecule has 4 heteroatoms. The Morgan fingerprint density at radius 3 is 1.14 bits per heavy atom. The molecule has 0 aliphatic heterocycles. The molecule has 0 spiro atoms. The molecule has 0 radical (unpaired) electrons. The third-order valence-electron chi connectivity index (χ3n) is 4.97. The molecule has 0 fully saturated rings. The van der Waals surface area contributed by atoms with Crippen LogP contribution in [0, 0.1) is 55.4 Å². The standard InChI is InChI=1S/C18H24S3.Fe/c1-9-10(2)14(6)17(13(9)5)19-21-20-18-15(7)11(3)12(4)16(18)8;/h1-8H3;/q-2;. The average Bonchev–Trinajstić information content (AvgIpc) is 2.76. The first kappa shape index (κ1) is 20.3. The van der Waals surface area contributed by atoms with E-state index in [1.54, 1.807) is 0 Å². The largest absolute Gasteiger partial charge is 0.185 e. The Morgan fingerprint density at radius 2 is 0.909 bits per heavy atom. The van der Waals surface area contributed by atoms with E-state index in [-0.39, 0.29) is 17.1 Å². The monoisotopic (exact) mass is 392 g/mol. The van der Waals surface area contributed by atoms with E-state index < -0.39 is 0 Å². The van der Waals surface area contributed by atoms with Crippen LogP contribution in [0.15, 0.2) is 9.79 Å². The van der Waals surface area contributed by atoms with E-state index in [2.05, 4.69) is 55.4 Å². The Bertz CT molecular complexity index is 568. The van der Waals surface area contributed by atoms with Crippen molar-refractivity contribution >= 4 is 31.4 Å². The Labute approximate surface area is 157 Å². The zero-order valence-corrected chi connectivity index (χ0v) is 18.1. The van der Waals surface area contributed by atoms with Crippen LogP contribution < -0.4 is 0 Å². The first-order valence-electron chi connectivity index (χ1n) is 7.24. The molecule has 0 nitrogen and oxygen atoms in total. The van der Waals surface area contributed by atoms with Crippen LogP contribution in [-0.2, 0) is 17.1 Å². The molecule has 124 valence electrons. The van der Waals surface area contributed by atoms with Gasteiger partial charge in [0, 0.05) is 17.1 Å². The maximum Gasteiger partial charge on any atom is 0 e. The van der Waals surface area contributed by atoms with Gasteiger partial charge in [0.2, 0.25) is 0 Å². The van der Waals surface area contributed by atoms with Gasteiger partial charge in [0.25, 0.3) is 0 Å². The fourth-order valence-corrected chi connectivity index (χ4v) is 7.53. The van der Waals surface area contributed by atoms with Crippen molar-refractivity contribution in [3.63, 3.8) is 0 Å². The molecule has 0 aromatic heterocycles. The Balaban J connectivity index is 0.00000242. The minimum absolute atomic E-state index is 0. The molecular weight excluding hydrogens is 368 g/mol. The third kappa shape index (κ3) is 3.52. The zero-order valence-electron chi connectivity index (χ0n) is 14.6. The van der Waals surface area contributed by atoms with Crippen molar-refractivity contribution in [2.45, 2.75) is 65.2 Å². The van der Waals surface area contributed by atoms with Gasteiger partial charge in [0.05, 0.1) is 0 Å². The van der Waals surface area contributed by atoms with Gasteiger partial charge in [0.15, 0.2) is 0 Å². The summed E-state index contributed by atoms with van der Waals surface area (Å²) in [6.07, 6.45) is 0. The van der Waals surface area contributed by atoms with E-state index in [0.29, 0.717) is 0 Å². The van der Waals surface area contributed by atoms with Crippen molar-refractivity contribution in [2.24, 2.45) is 0 Å². The van der Waals surface area contributed by atoms with Crippen LogP contribution in [0.4, 0.5) is 0 Å². The Morgan fingerprint density at radius 1 is 0.591 bits per heavy atom. The normalized spacial score (nSPS) is 10.9. The van der Waals surface area contributed by atoms with Crippen LogP contribution in [-0.4, -0.2) is 0 Å². The van der Waals surface area contributed by atoms with Crippen molar-refractivity contribution in [3.05, 3.63) is 44.5 Å². The molecule has 2 aromatic rings. The SMILES string of the molecule is Cc1c(SSSc2c(C)c(C)[c-](C)c2C)c(C)[c-](C)c1C.[Fe]. The van der Waals surface area contributed by atoms with E-state index in [0.717, 1.165) is 0 Å². The Hall–Kier alpha value is 0.269. The molecule has 0 atom stereocenters. The maximum absolute atomic E-state index is 2.25. The second-order valence-corrected chi connectivity index (χ2v) is 9.81. The zero-order chi connectivity index (χ0) is 15.9. The quantitative estimate of drug-likeness (QED) is 0.311. The van der Waals surface area contributed by atoms with Gasteiger partial charge < -0.3 is 0 Å². The maximum atomic E-state index is 2.25. The molecule has 0 saturated carbocycles. The van der Waals surface area contributed by atoms with Crippen LogP contribution in [0.3, 0.4) is 0 Å². The molecule has 0 N–H and O–H groups in total. The van der Waals surface area contributed by atoms with Crippen LogP contribution in [0.1, 0.15) is 44.5 Å². The number of rotatable bonds is 4. The van der Waals surface area contributed by atoms with Crippen molar-refractivity contribution in [2.75, 3.05) is 0 Å². The fraction of sp³-hybridized carbons (Fsp3) is 0.444. The molecule has 0 heterocycles. The van der Waals surface area contributed by atoms with E-state index in [1.165, 1.54) is 54.3 Å². The van der Waals surface area contributed by atoms with Crippen LogP contribution >= 0.6 is 31.4 Å². The molecule has 2 rings (SSSR count). The predicted octanol–water partition coefficient (Wildman–Crippen LogP) is 7.04. The minimum atomic E-state index is 0. The molecule has 2 aromatic carbocycles. The summed E-state index contributed by atoms with van der Waals surface area (Å²) in [4.78, 5) is 2.91. The van der Waals surface area contributed by atoms with Crippen molar-refractivity contribution in [1.29, 1.82) is 0 Å². The van der Waals surface area contributed by atoms with Crippen molar-refractivity contribution in [3.8, 4) is 0 Å². The summed E-state index contributed by atoms with van der Waals surface area (Å²) in [6, 6.07) is 0. The summed E-state index contributed by atoms with van der Waals surface area (Å²) in [5, 5.41) is 0. The summed E-state index contributed by atoms with van der Waals surface area (Å²) >= 11 is 0. The first-order chi connectivity index (χ1) is 9.77. The summed E-state index contributed by atoms with van der Waals surface area (Å²) in [5.74, 6) is 0. The van der Waals surface area contributed by atoms with Crippen LogP contribution in [0.2, 0.25) is 0 Å². The van der Waals surface area contributed by atoms with Gasteiger partial charge in [-0.05, 0) is 9.83 Å². The second kappa shape index (κ2) is 7.89. The van der Waals surface area contributed by atoms with Gasteiger partial charge in [0.1, 0.15) is 0 Å². The minimum Gasteiger partial charge on any atom is -0.185 e. The second-order valence-electron chi connectivity index (χ2n) is 5.89. The summed E-state index contributed by atoms with van der Waals surface area (Å²) in [6.45, 7) is 17.9. The molecule has 22 heavy (non-hydrogen) atoms. The molecule has 0 aliphatic rings. The number of hydrogen-bond acceptors (Lipinski definition) is 3. The van der Waals surface area contributed by atoms with E-state index >= 15 is 0 Å². The summed E-state index contributed by atoms with van der Waals surface area (Å²) < 4.78 is 0. The molecular formula is C18H24FeS3-2. The van der Waals surface area contributed by atoms with Gasteiger partial charge in [-0.1, -0.05) is 55.4 Å². The molecule has 0 bridgehead atoms. The van der Waals surface area contributed by atoms with Gasteiger partial charge in [-0.2, -0.15) is 44.5 Å². The third-order valence-corrected chi connectivity index (χ3v) is 9.30. The van der Waals surface area contributed by atoms with Gasteiger partial charge in [-0.25, -0.2) is 0 Å².